The van der Waals surface area contributed by atoms with Crippen LogP contribution in [-0.2, 0) is 15.1 Å². The van der Waals surface area contributed by atoms with Gasteiger partial charge in [-0.1, -0.05) is 23.4 Å². The lowest BCUT2D eigenvalue weighted by atomic mass is 9.77. The smallest absolute Gasteiger partial charge is 0.206 e. The number of nitrogen functional groups attached to an aromatic ring is 1. The van der Waals surface area contributed by atoms with Crippen LogP contribution in [0.25, 0.3) is 22.5 Å². The van der Waals surface area contributed by atoms with E-state index in [4.69, 9.17) is 20.2 Å². The van der Waals surface area contributed by atoms with E-state index >= 15 is 0 Å². The molecule has 0 bridgehead atoms. The summed E-state index contributed by atoms with van der Waals surface area (Å²) in [6, 6.07) is 9.99. The van der Waals surface area contributed by atoms with Crippen LogP contribution in [0.5, 0.6) is 0 Å². The van der Waals surface area contributed by atoms with Gasteiger partial charge in [0.15, 0.2) is 5.65 Å². The second-order valence-corrected chi connectivity index (χ2v) is 10.4. The third-order valence-electron chi connectivity index (χ3n) is 7.16. The normalized spacial score (nSPS) is 19.8. The molecule has 196 valence electrons. The second-order valence-electron chi connectivity index (χ2n) is 9.34. The Labute approximate surface area is 232 Å². The summed E-state index contributed by atoms with van der Waals surface area (Å²) in [5, 5.41) is 23.9. The molecule has 4 heterocycles. The van der Waals surface area contributed by atoms with Crippen molar-refractivity contribution in [2.75, 3.05) is 26.1 Å². The summed E-state index contributed by atoms with van der Waals surface area (Å²) in [6.07, 6.45) is 8.77. The van der Waals surface area contributed by atoms with Crippen molar-refractivity contribution >= 4 is 34.1 Å². The Bertz CT molecular complexity index is 1520. The summed E-state index contributed by atoms with van der Waals surface area (Å²) in [5.41, 5.74) is 10.5. The van der Waals surface area contributed by atoms with E-state index in [9.17, 15) is 0 Å². The monoisotopic (exact) mass is 626 g/mol. The number of anilines is 1. The van der Waals surface area contributed by atoms with Crippen molar-refractivity contribution in [2.24, 2.45) is 0 Å². The number of tetrazole rings is 1. The highest BCUT2D eigenvalue weighted by atomic mass is 127. The molecule has 3 N–H and O–H groups in total. The summed E-state index contributed by atoms with van der Waals surface area (Å²) < 4.78 is 16.0. The van der Waals surface area contributed by atoms with Crippen molar-refractivity contribution in [3.05, 3.63) is 64.0 Å². The summed E-state index contributed by atoms with van der Waals surface area (Å²) in [6.45, 7) is 0.959. The van der Waals surface area contributed by atoms with Gasteiger partial charge in [-0.05, 0) is 60.4 Å². The summed E-state index contributed by atoms with van der Waals surface area (Å²) in [4.78, 5) is 5.13. The molecule has 1 saturated carbocycles. The van der Waals surface area contributed by atoms with E-state index in [0.717, 1.165) is 57.4 Å². The van der Waals surface area contributed by atoms with E-state index in [1.165, 1.54) is 0 Å². The van der Waals surface area contributed by atoms with Crippen molar-refractivity contribution in [3.63, 3.8) is 0 Å². The number of nitrogens with zero attached hydrogens (tertiary/aromatic N) is 8. The molecule has 4 aromatic heterocycles. The van der Waals surface area contributed by atoms with Crippen molar-refractivity contribution in [2.45, 2.75) is 37.2 Å². The SMILES string of the molecule is COCCOC1(c2nn[nH]n2)CCC(c2nc3c(-c4cnn(-c5ccccc5)c4)cnn3c(N)c2I)CC1. The first-order valence-electron chi connectivity index (χ1n) is 12.4. The highest BCUT2D eigenvalue weighted by Gasteiger charge is 2.42. The lowest BCUT2D eigenvalue weighted by Crippen LogP contribution is -2.37. The maximum atomic E-state index is 6.59. The van der Waals surface area contributed by atoms with Gasteiger partial charge in [0, 0.05) is 30.4 Å². The molecular weight excluding hydrogens is 599 g/mol. The fourth-order valence-electron chi connectivity index (χ4n) is 5.14. The van der Waals surface area contributed by atoms with Gasteiger partial charge in [0.1, 0.15) is 11.4 Å². The van der Waals surface area contributed by atoms with Crippen LogP contribution in [0, 0.1) is 3.57 Å². The van der Waals surface area contributed by atoms with Gasteiger partial charge in [0.25, 0.3) is 0 Å². The van der Waals surface area contributed by atoms with Crippen molar-refractivity contribution < 1.29 is 9.47 Å². The quantitative estimate of drug-likeness (QED) is 0.195. The molecule has 1 aliphatic rings. The van der Waals surface area contributed by atoms with Gasteiger partial charge in [-0.15, -0.1) is 10.2 Å². The van der Waals surface area contributed by atoms with Crippen molar-refractivity contribution in [1.29, 1.82) is 0 Å². The van der Waals surface area contributed by atoms with E-state index in [1.807, 2.05) is 47.4 Å². The standard InChI is InChI=1S/C25H27IN10O2/c1-37-11-12-38-25(24-31-33-34-32-24)9-7-16(8-10-25)21-20(26)22(27)36-23(30-21)19(14-29-36)17-13-28-35(15-17)18-5-3-2-4-6-18/h2-6,13-16H,7-12,27H2,1H3,(H,31,32,33,34). The largest absolute Gasteiger partial charge is 0.383 e. The van der Waals surface area contributed by atoms with Gasteiger partial charge in [0.05, 0.1) is 40.6 Å². The number of ether oxygens (including phenoxy) is 2. The van der Waals surface area contributed by atoms with E-state index in [1.54, 1.807) is 17.8 Å². The van der Waals surface area contributed by atoms with Crippen LogP contribution in [0.4, 0.5) is 5.82 Å². The zero-order valence-electron chi connectivity index (χ0n) is 20.8. The van der Waals surface area contributed by atoms with Crippen LogP contribution in [0.3, 0.4) is 0 Å². The lowest BCUT2D eigenvalue weighted by molar-refractivity contribution is -0.0978. The molecule has 0 aliphatic heterocycles. The van der Waals surface area contributed by atoms with Crippen LogP contribution in [0.1, 0.15) is 43.1 Å². The number of hydrogen-bond acceptors (Lipinski definition) is 9. The third kappa shape index (κ3) is 4.43. The number of benzene rings is 1. The number of fused-ring (bicyclic) bond motifs is 1. The minimum atomic E-state index is -0.600. The van der Waals surface area contributed by atoms with Crippen LogP contribution in [-0.4, -0.2) is 65.3 Å². The number of H-pyrrole nitrogens is 1. The Morgan fingerprint density at radius 3 is 2.68 bits per heavy atom. The molecular formula is C25H27IN10O2. The van der Waals surface area contributed by atoms with Gasteiger partial charge in [-0.25, -0.2) is 9.67 Å². The van der Waals surface area contributed by atoms with Crippen molar-refractivity contribution in [1.82, 2.24) is 45.0 Å². The topological polar surface area (TPSA) is 147 Å². The van der Waals surface area contributed by atoms with Gasteiger partial charge in [-0.2, -0.15) is 19.9 Å². The van der Waals surface area contributed by atoms with Crippen LogP contribution in [0.15, 0.2) is 48.9 Å². The molecule has 0 atom stereocenters. The lowest BCUT2D eigenvalue weighted by Gasteiger charge is -2.37. The van der Waals surface area contributed by atoms with Crippen molar-refractivity contribution in [3.8, 4) is 16.8 Å². The number of aromatic nitrogens is 9. The van der Waals surface area contributed by atoms with Gasteiger partial charge in [-0.3, -0.25) is 0 Å². The molecule has 5 aromatic rings. The number of para-hydroxylation sites is 1. The first kappa shape index (κ1) is 24.9. The molecule has 12 nitrogen and oxygen atoms in total. The molecule has 13 heteroatoms. The minimum Gasteiger partial charge on any atom is -0.383 e. The highest BCUT2D eigenvalue weighted by molar-refractivity contribution is 14.1. The molecule has 0 saturated heterocycles. The van der Waals surface area contributed by atoms with Crippen LogP contribution in [0.2, 0.25) is 0 Å². The van der Waals surface area contributed by atoms with Crippen LogP contribution >= 0.6 is 22.6 Å². The Balaban J connectivity index is 1.31. The van der Waals surface area contributed by atoms with Gasteiger partial charge < -0.3 is 15.2 Å². The first-order chi connectivity index (χ1) is 18.6. The molecule has 0 amide bonds. The number of methoxy groups -OCH3 is 1. The second kappa shape index (κ2) is 10.4. The first-order valence-corrected chi connectivity index (χ1v) is 13.5. The Kier molecular flexibility index (Phi) is 6.80. The number of nitrogens with two attached hydrogens (primary N) is 1. The third-order valence-corrected chi connectivity index (χ3v) is 8.27. The maximum Gasteiger partial charge on any atom is 0.206 e. The van der Waals surface area contributed by atoms with E-state index in [2.05, 4.69) is 53.4 Å². The maximum absolute atomic E-state index is 6.59. The predicted molar refractivity (Wildman–Crippen MR) is 148 cm³/mol. The molecule has 38 heavy (non-hydrogen) atoms. The summed E-state index contributed by atoms with van der Waals surface area (Å²) in [5.74, 6) is 1.37. The van der Waals surface area contributed by atoms with E-state index in [0.29, 0.717) is 24.9 Å². The fourth-order valence-corrected chi connectivity index (χ4v) is 5.93. The molecule has 1 aliphatic carbocycles. The number of rotatable bonds is 8. The van der Waals surface area contributed by atoms with E-state index < -0.39 is 5.60 Å². The van der Waals surface area contributed by atoms with Crippen LogP contribution < -0.4 is 5.73 Å². The predicted octanol–water partition coefficient (Wildman–Crippen LogP) is 3.50. The summed E-state index contributed by atoms with van der Waals surface area (Å²) in [7, 11) is 1.66. The Morgan fingerprint density at radius 2 is 1.95 bits per heavy atom. The van der Waals surface area contributed by atoms with E-state index in [-0.39, 0.29) is 5.92 Å². The Morgan fingerprint density at radius 1 is 1.13 bits per heavy atom. The number of halogens is 1. The molecule has 0 radical (unpaired) electrons. The molecule has 1 aromatic carbocycles. The zero-order valence-corrected chi connectivity index (χ0v) is 22.9. The zero-order chi connectivity index (χ0) is 26.1. The number of hydrogen-bond donors (Lipinski definition) is 2. The average molecular weight is 626 g/mol. The molecule has 0 unspecified atom stereocenters. The minimum absolute atomic E-state index is 0.204. The average Bonchev–Trinajstić information content (AvgIpc) is 3.73. The highest BCUT2D eigenvalue weighted by Crippen LogP contribution is 2.45. The van der Waals surface area contributed by atoms with Gasteiger partial charge >= 0.3 is 0 Å². The molecule has 0 spiro atoms. The molecule has 6 rings (SSSR count). The fraction of sp³-hybridized carbons (Fsp3) is 0.360. The number of aromatic amines is 1. The number of nitrogens with one attached hydrogen (secondary N) is 1. The van der Waals surface area contributed by atoms with Gasteiger partial charge in [0.2, 0.25) is 5.82 Å². The molecule has 1 fully saturated rings. The summed E-state index contributed by atoms with van der Waals surface area (Å²) >= 11 is 2.29. The Hall–Kier alpha value is -3.43.